The SMILES string of the molecule is CCCCCCCCNC(=S)N1C[C@H](NC(C)=O)[C@H](O)[C@H](O)[C@H]1CO. The van der Waals surface area contributed by atoms with E-state index in [9.17, 15) is 20.1 Å². The number of likely N-dealkylation sites (tertiary alicyclic amines) is 1. The molecule has 1 rings (SSSR count). The Morgan fingerprint density at radius 2 is 1.80 bits per heavy atom. The molecule has 5 N–H and O–H groups in total. The first-order valence-corrected chi connectivity index (χ1v) is 9.61. The quantitative estimate of drug-likeness (QED) is 0.288. The highest BCUT2D eigenvalue weighted by Crippen LogP contribution is 2.19. The van der Waals surface area contributed by atoms with Gasteiger partial charge in [0.25, 0.3) is 0 Å². The lowest BCUT2D eigenvalue weighted by atomic mass is 9.92. The van der Waals surface area contributed by atoms with Crippen LogP contribution < -0.4 is 10.6 Å². The number of hydrogen-bond acceptors (Lipinski definition) is 5. The van der Waals surface area contributed by atoms with E-state index in [0.717, 1.165) is 19.4 Å². The smallest absolute Gasteiger partial charge is 0.217 e. The van der Waals surface area contributed by atoms with E-state index in [1.165, 1.54) is 32.6 Å². The summed E-state index contributed by atoms with van der Waals surface area (Å²) < 4.78 is 0. The molecule has 1 aliphatic heterocycles. The Morgan fingerprint density at radius 1 is 1.16 bits per heavy atom. The van der Waals surface area contributed by atoms with Crippen LogP contribution in [0, 0.1) is 0 Å². The summed E-state index contributed by atoms with van der Waals surface area (Å²) in [5, 5.41) is 36.2. The van der Waals surface area contributed by atoms with E-state index in [-0.39, 0.29) is 19.1 Å². The van der Waals surface area contributed by atoms with Gasteiger partial charge in [-0.3, -0.25) is 4.79 Å². The fraction of sp³-hybridized carbons (Fsp3) is 0.882. The molecule has 0 aliphatic carbocycles. The van der Waals surface area contributed by atoms with Crippen molar-refractivity contribution in [2.75, 3.05) is 19.7 Å². The molecule has 25 heavy (non-hydrogen) atoms. The minimum absolute atomic E-state index is 0.241. The van der Waals surface area contributed by atoms with Gasteiger partial charge in [-0.25, -0.2) is 0 Å². The van der Waals surface area contributed by atoms with Gasteiger partial charge >= 0.3 is 0 Å². The summed E-state index contributed by atoms with van der Waals surface area (Å²) in [4.78, 5) is 12.9. The van der Waals surface area contributed by atoms with Crippen molar-refractivity contribution in [3.8, 4) is 0 Å². The van der Waals surface area contributed by atoms with E-state index >= 15 is 0 Å². The van der Waals surface area contributed by atoms with Crippen LogP contribution in [-0.4, -0.2) is 75.2 Å². The molecule has 0 bridgehead atoms. The molecule has 0 aromatic heterocycles. The maximum atomic E-state index is 11.3. The van der Waals surface area contributed by atoms with E-state index in [0.29, 0.717) is 5.11 Å². The highest BCUT2D eigenvalue weighted by molar-refractivity contribution is 7.80. The highest BCUT2D eigenvalue weighted by Gasteiger charge is 2.43. The average Bonchev–Trinajstić information content (AvgIpc) is 2.57. The van der Waals surface area contributed by atoms with Gasteiger partial charge in [-0.05, 0) is 18.6 Å². The van der Waals surface area contributed by atoms with Crippen molar-refractivity contribution in [2.24, 2.45) is 0 Å². The van der Waals surface area contributed by atoms with Crippen LogP contribution in [0.15, 0.2) is 0 Å². The summed E-state index contributed by atoms with van der Waals surface area (Å²) in [5.41, 5.74) is 0. The minimum Gasteiger partial charge on any atom is -0.394 e. The highest BCUT2D eigenvalue weighted by atomic mass is 32.1. The second-order valence-corrected chi connectivity index (χ2v) is 7.08. The Balaban J connectivity index is 2.51. The second kappa shape index (κ2) is 11.6. The van der Waals surface area contributed by atoms with Crippen LogP contribution in [0.25, 0.3) is 0 Å². The molecule has 0 aromatic rings. The molecule has 146 valence electrons. The zero-order valence-electron chi connectivity index (χ0n) is 15.3. The lowest BCUT2D eigenvalue weighted by molar-refractivity contribution is -0.125. The summed E-state index contributed by atoms with van der Waals surface area (Å²) >= 11 is 5.39. The maximum Gasteiger partial charge on any atom is 0.217 e. The van der Waals surface area contributed by atoms with E-state index in [4.69, 9.17) is 12.2 Å². The summed E-state index contributed by atoms with van der Waals surface area (Å²) in [5.74, 6) is -0.287. The fourth-order valence-electron chi connectivity index (χ4n) is 3.14. The molecular formula is C17H33N3O4S. The van der Waals surface area contributed by atoms with Crippen LogP contribution in [0.3, 0.4) is 0 Å². The number of rotatable bonds is 9. The van der Waals surface area contributed by atoms with Gasteiger partial charge in [0.15, 0.2) is 5.11 Å². The topological polar surface area (TPSA) is 105 Å². The number of hydrogen-bond donors (Lipinski definition) is 5. The Labute approximate surface area is 155 Å². The van der Waals surface area contributed by atoms with E-state index < -0.39 is 24.3 Å². The molecule has 4 atom stereocenters. The van der Waals surface area contributed by atoms with Crippen molar-refractivity contribution in [1.82, 2.24) is 15.5 Å². The molecule has 1 saturated heterocycles. The van der Waals surface area contributed by atoms with Gasteiger partial charge in [-0.15, -0.1) is 0 Å². The number of carbonyl (C=O) groups excluding carboxylic acids is 1. The van der Waals surface area contributed by atoms with Crippen molar-refractivity contribution in [1.29, 1.82) is 0 Å². The number of aliphatic hydroxyl groups excluding tert-OH is 3. The number of carbonyl (C=O) groups is 1. The largest absolute Gasteiger partial charge is 0.394 e. The average molecular weight is 376 g/mol. The molecule has 8 heteroatoms. The number of nitrogens with one attached hydrogen (secondary N) is 2. The maximum absolute atomic E-state index is 11.3. The van der Waals surface area contributed by atoms with E-state index in [1.54, 1.807) is 4.90 Å². The summed E-state index contributed by atoms with van der Waals surface area (Å²) in [6.07, 6.45) is 4.76. The van der Waals surface area contributed by atoms with Gasteiger partial charge in [-0.2, -0.15) is 0 Å². The van der Waals surface area contributed by atoms with Crippen LogP contribution in [0.5, 0.6) is 0 Å². The molecule has 0 radical (unpaired) electrons. The molecule has 0 spiro atoms. The molecule has 0 unspecified atom stereocenters. The zero-order valence-corrected chi connectivity index (χ0v) is 16.1. The van der Waals surface area contributed by atoms with Crippen LogP contribution in [0.1, 0.15) is 52.4 Å². The van der Waals surface area contributed by atoms with Gasteiger partial charge in [0, 0.05) is 20.0 Å². The third-order valence-corrected chi connectivity index (χ3v) is 4.97. The molecule has 1 amide bonds. The minimum atomic E-state index is -1.19. The van der Waals surface area contributed by atoms with Gasteiger partial charge in [0.1, 0.15) is 12.2 Å². The van der Waals surface area contributed by atoms with Crippen molar-refractivity contribution < 1.29 is 20.1 Å². The summed E-state index contributed by atoms with van der Waals surface area (Å²) in [6.45, 7) is 4.19. The third-order valence-electron chi connectivity index (χ3n) is 4.59. The summed E-state index contributed by atoms with van der Waals surface area (Å²) in [6, 6.07) is -1.33. The first-order chi connectivity index (χ1) is 11.9. The van der Waals surface area contributed by atoms with Crippen LogP contribution in [0.2, 0.25) is 0 Å². The van der Waals surface area contributed by atoms with Crippen LogP contribution in [-0.2, 0) is 4.79 Å². The number of nitrogens with zero attached hydrogens (tertiary/aromatic N) is 1. The number of thiocarbonyl (C=S) groups is 1. The standard InChI is InChI=1S/C17H33N3O4S/c1-3-4-5-6-7-8-9-18-17(25)20-10-13(19-12(2)22)15(23)16(24)14(20)11-21/h13-16,21,23-24H,3-11H2,1-2H3,(H,18,25)(H,19,22)/t13-,14+,15-,16+/m0/s1. The Morgan fingerprint density at radius 3 is 2.40 bits per heavy atom. The van der Waals surface area contributed by atoms with Crippen molar-refractivity contribution >= 4 is 23.2 Å². The van der Waals surface area contributed by atoms with E-state index in [1.807, 2.05) is 0 Å². The molecule has 7 nitrogen and oxygen atoms in total. The summed E-state index contributed by atoms with van der Waals surface area (Å²) in [7, 11) is 0. The van der Waals surface area contributed by atoms with Crippen LogP contribution >= 0.6 is 12.2 Å². The Kier molecular flexibility index (Phi) is 10.3. The normalized spacial score (nSPS) is 26.4. The van der Waals surface area contributed by atoms with Crippen molar-refractivity contribution in [2.45, 2.75) is 76.7 Å². The third kappa shape index (κ3) is 7.05. The number of piperidine rings is 1. The Hall–Kier alpha value is -0.960. The molecular weight excluding hydrogens is 342 g/mol. The molecule has 0 aromatic carbocycles. The molecule has 1 aliphatic rings. The van der Waals surface area contributed by atoms with Gasteiger partial charge in [0.05, 0.1) is 18.7 Å². The van der Waals surface area contributed by atoms with Crippen LogP contribution in [0.4, 0.5) is 0 Å². The Bertz CT molecular complexity index is 425. The number of amides is 1. The fourth-order valence-corrected chi connectivity index (χ4v) is 3.45. The van der Waals surface area contributed by atoms with Gasteiger partial charge in [-0.1, -0.05) is 39.0 Å². The first kappa shape index (κ1) is 22.1. The lowest BCUT2D eigenvalue weighted by Gasteiger charge is -2.46. The molecule has 1 heterocycles. The lowest BCUT2D eigenvalue weighted by Crippen LogP contribution is -2.68. The first-order valence-electron chi connectivity index (χ1n) is 9.20. The monoisotopic (exact) mass is 375 g/mol. The van der Waals surface area contributed by atoms with Crippen molar-refractivity contribution in [3.63, 3.8) is 0 Å². The van der Waals surface area contributed by atoms with Gasteiger partial charge in [0.2, 0.25) is 5.91 Å². The molecule has 1 fully saturated rings. The van der Waals surface area contributed by atoms with E-state index in [2.05, 4.69) is 17.6 Å². The predicted molar refractivity (Wildman–Crippen MR) is 101 cm³/mol. The molecule has 0 saturated carbocycles. The van der Waals surface area contributed by atoms with Crippen molar-refractivity contribution in [3.05, 3.63) is 0 Å². The predicted octanol–water partition coefficient (Wildman–Crippen LogP) is 0.124. The number of aliphatic hydroxyl groups is 3. The zero-order chi connectivity index (χ0) is 18.8. The number of unbranched alkanes of at least 4 members (excludes halogenated alkanes) is 5. The van der Waals surface area contributed by atoms with Gasteiger partial charge < -0.3 is 30.9 Å². The second-order valence-electron chi connectivity index (χ2n) is 6.69.